The Hall–Kier alpha value is -0.0400. The third kappa shape index (κ3) is 1.20. The molecule has 2 rings (SSSR count). The molecule has 0 unspecified atom stereocenters. The van der Waals surface area contributed by atoms with Gasteiger partial charge in [-0.15, -0.1) is 0 Å². The highest BCUT2D eigenvalue weighted by atomic mass is 15.0. The van der Waals surface area contributed by atoms with E-state index in [1.807, 2.05) is 0 Å². The van der Waals surface area contributed by atoms with Crippen LogP contribution in [0.3, 0.4) is 0 Å². The highest BCUT2D eigenvalue weighted by molar-refractivity contribution is 4.85. The van der Waals surface area contributed by atoms with Gasteiger partial charge in [-0.25, -0.2) is 0 Å². The zero-order valence-electron chi connectivity index (χ0n) is 6.60. The molecule has 1 nitrogen and oxygen atoms in total. The van der Waals surface area contributed by atoms with Gasteiger partial charge in [0, 0.05) is 6.04 Å². The Morgan fingerprint density at radius 3 is 2.10 bits per heavy atom. The molecule has 2 fully saturated rings. The van der Waals surface area contributed by atoms with Gasteiger partial charge in [-0.1, -0.05) is 19.3 Å². The Kier molecular flexibility index (Phi) is 1.94. The monoisotopic (exact) mass is 139 g/mol. The van der Waals surface area contributed by atoms with Crippen LogP contribution < -0.4 is 5.32 Å². The summed E-state index contributed by atoms with van der Waals surface area (Å²) in [6.45, 7) is 1.28. The Morgan fingerprint density at radius 1 is 0.900 bits per heavy atom. The minimum absolute atomic E-state index is 0.917. The van der Waals surface area contributed by atoms with Gasteiger partial charge in [-0.05, 0) is 31.7 Å². The van der Waals surface area contributed by atoms with E-state index in [2.05, 4.69) is 5.32 Å². The van der Waals surface area contributed by atoms with Crippen LogP contribution in [0.5, 0.6) is 0 Å². The molecular weight excluding hydrogens is 122 g/mol. The van der Waals surface area contributed by atoms with Gasteiger partial charge in [0.25, 0.3) is 0 Å². The van der Waals surface area contributed by atoms with Crippen LogP contribution in [0.2, 0.25) is 0 Å². The summed E-state index contributed by atoms with van der Waals surface area (Å²) in [6.07, 6.45) is 8.91. The fraction of sp³-hybridized carbons (Fsp3) is 1.00. The van der Waals surface area contributed by atoms with Gasteiger partial charge in [-0.3, -0.25) is 0 Å². The topological polar surface area (TPSA) is 12.0 Å². The molecule has 0 aromatic heterocycles. The van der Waals surface area contributed by atoms with Gasteiger partial charge in [0.15, 0.2) is 0 Å². The van der Waals surface area contributed by atoms with E-state index >= 15 is 0 Å². The molecule has 2 aliphatic rings. The lowest BCUT2D eigenvalue weighted by atomic mass is 9.80. The third-order valence-corrected chi connectivity index (χ3v) is 3.08. The van der Waals surface area contributed by atoms with Gasteiger partial charge in [0.1, 0.15) is 0 Å². The predicted octanol–water partition coefficient (Wildman–Crippen LogP) is 1.93. The molecule has 1 saturated carbocycles. The second-order valence-electron chi connectivity index (χ2n) is 3.75. The first-order valence-corrected chi connectivity index (χ1v) is 4.70. The quantitative estimate of drug-likeness (QED) is 0.585. The molecule has 0 amide bonds. The van der Waals surface area contributed by atoms with Gasteiger partial charge < -0.3 is 5.32 Å². The summed E-state index contributed by atoms with van der Waals surface area (Å²) in [7, 11) is 0. The van der Waals surface area contributed by atoms with E-state index in [4.69, 9.17) is 0 Å². The summed E-state index contributed by atoms with van der Waals surface area (Å²) in [5, 5.41) is 3.52. The largest absolute Gasteiger partial charge is 0.314 e. The van der Waals surface area contributed by atoms with E-state index in [0.717, 1.165) is 12.0 Å². The molecule has 1 heterocycles. The van der Waals surface area contributed by atoms with Crippen molar-refractivity contribution in [3.05, 3.63) is 0 Å². The summed E-state index contributed by atoms with van der Waals surface area (Å²) in [6, 6.07) is 0.917. The van der Waals surface area contributed by atoms with Crippen LogP contribution in [0.1, 0.15) is 38.5 Å². The summed E-state index contributed by atoms with van der Waals surface area (Å²) >= 11 is 0. The van der Waals surface area contributed by atoms with Crippen LogP contribution >= 0.6 is 0 Å². The van der Waals surface area contributed by atoms with E-state index < -0.39 is 0 Å². The second-order valence-corrected chi connectivity index (χ2v) is 3.75. The molecule has 58 valence electrons. The van der Waals surface area contributed by atoms with Gasteiger partial charge in [0.05, 0.1) is 0 Å². The number of hydrogen-bond donors (Lipinski definition) is 1. The van der Waals surface area contributed by atoms with E-state index in [0.29, 0.717) is 0 Å². The third-order valence-electron chi connectivity index (χ3n) is 3.08. The average molecular weight is 139 g/mol. The van der Waals surface area contributed by atoms with Crippen LogP contribution in [0.25, 0.3) is 0 Å². The van der Waals surface area contributed by atoms with Crippen molar-refractivity contribution in [2.24, 2.45) is 5.92 Å². The molecule has 10 heavy (non-hydrogen) atoms. The maximum atomic E-state index is 3.52. The summed E-state index contributed by atoms with van der Waals surface area (Å²) in [5.41, 5.74) is 0. The summed E-state index contributed by atoms with van der Waals surface area (Å²) in [4.78, 5) is 0. The fourth-order valence-electron chi connectivity index (χ4n) is 2.25. The lowest BCUT2D eigenvalue weighted by Gasteiger charge is -2.37. The second kappa shape index (κ2) is 2.91. The first-order chi connectivity index (χ1) is 4.97. The van der Waals surface area contributed by atoms with Crippen LogP contribution in [0.4, 0.5) is 0 Å². The average Bonchev–Trinajstić information content (AvgIpc) is 1.86. The van der Waals surface area contributed by atoms with E-state index in [-0.39, 0.29) is 0 Å². The highest BCUT2D eigenvalue weighted by Crippen LogP contribution is 2.29. The Labute approximate surface area is 63.2 Å². The van der Waals surface area contributed by atoms with Crippen molar-refractivity contribution in [2.45, 2.75) is 44.6 Å². The molecule has 1 N–H and O–H groups in total. The minimum atomic E-state index is 0.917. The number of rotatable bonds is 1. The molecule has 1 aliphatic carbocycles. The van der Waals surface area contributed by atoms with E-state index in [9.17, 15) is 0 Å². The van der Waals surface area contributed by atoms with Gasteiger partial charge in [-0.2, -0.15) is 0 Å². The lowest BCUT2D eigenvalue weighted by molar-refractivity contribution is 0.207. The molecule has 1 atom stereocenters. The maximum absolute atomic E-state index is 3.52. The predicted molar refractivity (Wildman–Crippen MR) is 43.0 cm³/mol. The molecule has 1 heteroatoms. The number of nitrogens with one attached hydrogen (secondary N) is 1. The van der Waals surface area contributed by atoms with Crippen molar-refractivity contribution in [1.29, 1.82) is 0 Å². The Balaban J connectivity index is 1.78. The van der Waals surface area contributed by atoms with E-state index in [1.54, 1.807) is 0 Å². The highest BCUT2D eigenvalue weighted by Gasteiger charge is 2.27. The first-order valence-electron chi connectivity index (χ1n) is 4.70. The smallest absolute Gasteiger partial charge is 0.0107 e. The van der Waals surface area contributed by atoms with Crippen molar-refractivity contribution in [3.8, 4) is 0 Å². The molecule has 1 aliphatic heterocycles. The van der Waals surface area contributed by atoms with Crippen molar-refractivity contribution in [3.63, 3.8) is 0 Å². The van der Waals surface area contributed by atoms with Crippen LogP contribution in [-0.4, -0.2) is 12.6 Å². The molecule has 0 aromatic rings. The lowest BCUT2D eigenvalue weighted by Crippen LogP contribution is -2.48. The summed E-state index contributed by atoms with van der Waals surface area (Å²) < 4.78 is 0. The summed E-state index contributed by atoms with van der Waals surface area (Å²) in [5.74, 6) is 1.04. The van der Waals surface area contributed by atoms with Crippen molar-refractivity contribution >= 4 is 0 Å². The molecule has 0 bridgehead atoms. The molecular formula is C9H17N. The van der Waals surface area contributed by atoms with Gasteiger partial charge in [0.2, 0.25) is 0 Å². The molecule has 1 saturated heterocycles. The van der Waals surface area contributed by atoms with Crippen molar-refractivity contribution in [2.75, 3.05) is 6.54 Å². The van der Waals surface area contributed by atoms with Gasteiger partial charge >= 0.3 is 0 Å². The first kappa shape index (κ1) is 6.66. The van der Waals surface area contributed by atoms with Crippen molar-refractivity contribution < 1.29 is 0 Å². The Bertz CT molecular complexity index is 101. The minimum Gasteiger partial charge on any atom is -0.314 e. The van der Waals surface area contributed by atoms with Crippen molar-refractivity contribution in [1.82, 2.24) is 5.32 Å². The fourth-order valence-corrected chi connectivity index (χ4v) is 2.25. The SMILES string of the molecule is C1CCC([C@H]2CCN2)CC1. The zero-order chi connectivity index (χ0) is 6.81. The zero-order valence-corrected chi connectivity index (χ0v) is 6.60. The van der Waals surface area contributed by atoms with Crippen LogP contribution in [0, 0.1) is 5.92 Å². The molecule has 0 spiro atoms. The van der Waals surface area contributed by atoms with E-state index in [1.165, 1.54) is 45.1 Å². The van der Waals surface area contributed by atoms with Crippen LogP contribution in [0.15, 0.2) is 0 Å². The normalized spacial score (nSPS) is 35.4. The Morgan fingerprint density at radius 2 is 1.60 bits per heavy atom. The molecule has 0 radical (unpaired) electrons. The standard InChI is InChI=1S/C9H17N/c1-2-4-8(5-3-1)9-6-7-10-9/h8-10H,1-7H2/t9-/m1/s1. The number of hydrogen-bond acceptors (Lipinski definition) is 1. The maximum Gasteiger partial charge on any atom is 0.0107 e. The van der Waals surface area contributed by atoms with Crippen LogP contribution in [-0.2, 0) is 0 Å². The molecule has 0 aromatic carbocycles.